The summed E-state index contributed by atoms with van der Waals surface area (Å²) in [5.74, 6) is 1.32. The van der Waals surface area contributed by atoms with Gasteiger partial charge in [-0.1, -0.05) is 29.8 Å². The molecule has 0 spiro atoms. The van der Waals surface area contributed by atoms with E-state index >= 15 is 0 Å². The highest BCUT2D eigenvalue weighted by molar-refractivity contribution is 5.83. The molecule has 2 aromatic heterocycles. The number of aromatic amines is 1. The van der Waals surface area contributed by atoms with Crippen molar-refractivity contribution in [3.05, 3.63) is 47.7 Å². The molecule has 4 heterocycles. The number of fused-ring (bicyclic) bond motifs is 2. The zero-order chi connectivity index (χ0) is 16.6. The number of para-hydroxylation sites is 1. The molecule has 25 heavy (non-hydrogen) atoms. The highest BCUT2D eigenvalue weighted by Crippen LogP contribution is 2.28. The number of benzene rings is 1. The van der Waals surface area contributed by atoms with E-state index < -0.39 is 0 Å². The molecule has 3 aromatic rings. The number of hydrogen-bond donors (Lipinski definition) is 1. The van der Waals surface area contributed by atoms with E-state index in [1.807, 2.05) is 18.3 Å². The fourth-order valence-corrected chi connectivity index (χ4v) is 4.05. The van der Waals surface area contributed by atoms with Gasteiger partial charge in [-0.15, -0.1) is 0 Å². The smallest absolute Gasteiger partial charge is 0.231 e. The van der Waals surface area contributed by atoms with Crippen LogP contribution in [0, 0.1) is 0 Å². The summed E-state index contributed by atoms with van der Waals surface area (Å²) in [5.41, 5.74) is 2.30. The van der Waals surface area contributed by atoms with Crippen LogP contribution >= 0.6 is 0 Å². The van der Waals surface area contributed by atoms with Gasteiger partial charge in [0, 0.05) is 29.7 Å². The quantitative estimate of drug-likeness (QED) is 0.795. The van der Waals surface area contributed by atoms with Crippen molar-refractivity contribution in [3.63, 3.8) is 0 Å². The van der Waals surface area contributed by atoms with E-state index in [0.717, 1.165) is 25.2 Å². The zero-order valence-corrected chi connectivity index (χ0v) is 14.1. The molecule has 6 nitrogen and oxygen atoms in total. The fraction of sp³-hybridized carbons (Fsp3) is 0.474. The molecule has 2 aliphatic rings. The minimum absolute atomic E-state index is 0.0742. The first-order valence-corrected chi connectivity index (χ1v) is 9.10. The lowest BCUT2D eigenvalue weighted by atomic mass is 10.0. The Bertz CT molecular complexity index is 871. The van der Waals surface area contributed by atoms with Crippen LogP contribution in [-0.2, 0) is 11.2 Å². The molecule has 2 atom stereocenters. The summed E-state index contributed by atoms with van der Waals surface area (Å²) in [7, 11) is 0. The number of ether oxygens (including phenoxy) is 1. The molecule has 1 N–H and O–H groups in total. The van der Waals surface area contributed by atoms with Crippen molar-refractivity contribution in [2.45, 2.75) is 37.8 Å². The van der Waals surface area contributed by atoms with Crippen LogP contribution in [0.4, 0.5) is 0 Å². The number of rotatable bonds is 3. The third-order valence-electron chi connectivity index (χ3n) is 5.43. The molecule has 5 rings (SSSR count). The standard InChI is InChI=1S/C19H22N4O2/c1-2-7-16-15(6-1)13(10-20-16)9-18-21-19(22-25-18)17-11-23-8-4-3-5-14(23)12-24-17/h1-2,6-7,10,14,17,20H,3-5,8-9,11-12H2. The van der Waals surface area contributed by atoms with Gasteiger partial charge >= 0.3 is 0 Å². The van der Waals surface area contributed by atoms with Crippen LogP contribution < -0.4 is 0 Å². The maximum absolute atomic E-state index is 6.02. The SMILES string of the molecule is c1ccc2c(Cc3nc(C4CN5CCCCC5CO4)no3)c[nH]c2c1. The molecule has 130 valence electrons. The Hall–Kier alpha value is -2.18. The van der Waals surface area contributed by atoms with Crippen molar-refractivity contribution in [2.75, 3.05) is 19.7 Å². The Kier molecular flexibility index (Phi) is 3.79. The van der Waals surface area contributed by atoms with Crippen LogP contribution in [0.15, 0.2) is 35.0 Å². The molecule has 2 unspecified atom stereocenters. The highest BCUT2D eigenvalue weighted by Gasteiger charge is 2.33. The van der Waals surface area contributed by atoms with Crippen molar-refractivity contribution in [3.8, 4) is 0 Å². The molecule has 0 aliphatic carbocycles. The summed E-state index contributed by atoms with van der Waals surface area (Å²) >= 11 is 0. The topological polar surface area (TPSA) is 67.2 Å². The van der Waals surface area contributed by atoms with Gasteiger partial charge in [0.05, 0.1) is 13.0 Å². The van der Waals surface area contributed by atoms with Gasteiger partial charge in [-0.2, -0.15) is 4.98 Å². The predicted octanol–water partition coefficient (Wildman–Crippen LogP) is 3.07. The van der Waals surface area contributed by atoms with Gasteiger partial charge in [0.25, 0.3) is 0 Å². The molecule has 2 saturated heterocycles. The Morgan fingerprint density at radius 1 is 1.24 bits per heavy atom. The number of morpholine rings is 1. The zero-order valence-electron chi connectivity index (χ0n) is 14.1. The second-order valence-corrected chi connectivity index (χ2v) is 7.05. The van der Waals surface area contributed by atoms with E-state index in [4.69, 9.17) is 9.26 Å². The van der Waals surface area contributed by atoms with Crippen LogP contribution in [0.1, 0.15) is 42.6 Å². The second kappa shape index (κ2) is 6.28. The first-order valence-electron chi connectivity index (χ1n) is 9.10. The minimum Gasteiger partial charge on any atom is -0.367 e. The summed E-state index contributed by atoms with van der Waals surface area (Å²) in [6.07, 6.45) is 6.41. The Morgan fingerprint density at radius 3 is 3.20 bits per heavy atom. The van der Waals surface area contributed by atoms with Crippen molar-refractivity contribution in [1.29, 1.82) is 0 Å². The summed E-state index contributed by atoms with van der Waals surface area (Å²) in [6.45, 7) is 2.80. The van der Waals surface area contributed by atoms with Crippen molar-refractivity contribution in [2.24, 2.45) is 0 Å². The van der Waals surface area contributed by atoms with Crippen LogP contribution in [0.5, 0.6) is 0 Å². The third-order valence-corrected chi connectivity index (χ3v) is 5.43. The number of piperidine rings is 1. The number of aromatic nitrogens is 3. The van der Waals surface area contributed by atoms with E-state index in [-0.39, 0.29) is 6.10 Å². The lowest BCUT2D eigenvalue weighted by Crippen LogP contribution is -2.49. The van der Waals surface area contributed by atoms with E-state index in [1.54, 1.807) is 0 Å². The fourth-order valence-electron chi connectivity index (χ4n) is 4.05. The van der Waals surface area contributed by atoms with E-state index in [9.17, 15) is 0 Å². The van der Waals surface area contributed by atoms with E-state index in [1.165, 1.54) is 30.2 Å². The van der Waals surface area contributed by atoms with Crippen molar-refractivity contribution >= 4 is 10.9 Å². The number of H-pyrrole nitrogens is 1. The molecular formula is C19H22N4O2. The summed E-state index contributed by atoms with van der Waals surface area (Å²) in [6, 6.07) is 8.83. The third kappa shape index (κ3) is 2.85. The van der Waals surface area contributed by atoms with E-state index in [2.05, 4.69) is 32.2 Å². The largest absolute Gasteiger partial charge is 0.367 e. The summed E-state index contributed by atoms with van der Waals surface area (Å²) < 4.78 is 11.5. The van der Waals surface area contributed by atoms with Crippen molar-refractivity contribution in [1.82, 2.24) is 20.0 Å². The second-order valence-electron chi connectivity index (χ2n) is 7.05. The van der Waals surface area contributed by atoms with Crippen LogP contribution in [0.2, 0.25) is 0 Å². The molecule has 2 fully saturated rings. The van der Waals surface area contributed by atoms with Gasteiger partial charge in [0.15, 0.2) is 0 Å². The monoisotopic (exact) mass is 338 g/mol. The molecule has 0 amide bonds. The van der Waals surface area contributed by atoms with E-state index in [0.29, 0.717) is 24.2 Å². The molecule has 2 aliphatic heterocycles. The Morgan fingerprint density at radius 2 is 2.20 bits per heavy atom. The van der Waals surface area contributed by atoms with Gasteiger partial charge in [-0.05, 0) is 31.0 Å². The number of nitrogens with one attached hydrogen (secondary N) is 1. The van der Waals surface area contributed by atoms with Gasteiger partial charge in [-0.3, -0.25) is 4.90 Å². The lowest BCUT2D eigenvalue weighted by Gasteiger charge is -2.41. The normalized spacial score (nSPS) is 24.5. The first kappa shape index (κ1) is 15.1. The molecule has 0 radical (unpaired) electrons. The van der Waals surface area contributed by atoms with Gasteiger partial charge in [0.1, 0.15) is 6.10 Å². The Balaban J connectivity index is 1.32. The predicted molar refractivity (Wildman–Crippen MR) is 93.3 cm³/mol. The Labute approximate surface area is 146 Å². The minimum atomic E-state index is -0.0742. The molecular weight excluding hydrogens is 316 g/mol. The highest BCUT2D eigenvalue weighted by atomic mass is 16.5. The maximum atomic E-state index is 6.02. The lowest BCUT2D eigenvalue weighted by molar-refractivity contribution is -0.0805. The number of hydrogen-bond acceptors (Lipinski definition) is 5. The summed E-state index contributed by atoms with van der Waals surface area (Å²) in [4.78, 5) is 10.4. The van der Waals surface area contributed by atoms with Crippen LogP contribution in [0.3, 0.4) is 0 Å². The van der Waals surface area contributed by atoms with Gasteiger partial charge in [-0.25, -0.2) is 0 Å². The van der Waals surface area contributed by atoms with Crippen LogP contribution in [0.25, 0.3) is 10.9 Å². The average molecular weight is 338 g/mol. The average Bonchev–Trinajstić information content (AvgIpc) is 3.29. The van der Waals surface area contributed by atoms with Crippen LogP contribution in [-0.4, -0.2) is 45.8 Å². The van der Waals surface area contributed by atoms with Crippen molar-refractivity contribution < 1.29 is 9.26 Å². The van der Waals surface area contributed by atoms with Gasteiger partial charge in [0.2, 0.25) is 11.7 Å². The first-order chi connectivity index (χ1) is 12.4. The summed E-state index contributed by atoms with van der Waals surface area (Å²) in [5, 5.41) is 5.39. The molecule has 0 bridgehead atoms. The van der Waals surface area contributed by atoms with Gasteiger partial charge < -0.3 is 14.2 Å². The molecule has 1 aromatic carbocycles. The number of nitrogens with zero attached hydrogens (tertiary/aromatic N) is 3. The molecule has 0 saturated carbocycles. The molecule has 6 heteroatoms. The maximum Gasteiger partial charge on any atom is 0.231 e.